The molecule has 0 aromatic heterocycles. The Kier molecular flexibility index (Phi) is 13.2. The second-order valence-corrected chi connectivity index (χ2v) is 13.0. The maximum absolute atomic E-state index is 12.7. The van der Waals surface area contributed by atoms with Crippen molar-refractivity contribution in [2.75, 3.05) is 19.8 Å². The van der Waals surface area contributed by atoms with Gasteiger partial charge in [0.2, 0.25) is 12.1 Å². The molecule has 0 radical (unpaired) electrons. The van der Waals surface area contributed by atoms with Gasteiger partial charge >= 0.3 is 6.09 Å². The van der Waals surface area contributed by atoms with Gasteiger partial charge in [0.1, 0.15) is 24.4 Å². The molecule has 2 heterocycles. The fourth-order valence-corrected chi connectivity index (χ4v) is 6.14. The number of benzene rings is 3. The Morgan fingerprint density at radius 3 is 2.18 bits per heavy atom. The molecule has 0 saturated carbocycles. The Morgan fingerprint density at radius 1 is 0.898 bits per heavy atom. The molecule has 4 N–H and O–H groups in total. The smallest absolute Gasteiger partial charge is 0.407 e. The summed E-state index contributed by atoms with van der Waals surface area (Å²) in [4.78, 5) is 12.7. The van der Waals surface area contributed by atoms with Crippen molar-refractivity contribution < 1.29 is 48.5 Å². The van der Waals surface area contributed by atoms with E-state index in [1.807, 2.05) is 91.0 Å². The van der Waals surface area contributed by atoms with E-state index in [0.29, 0.717) is 32.2 Å². The van der Waals surface area contributed by atoms with Crippen LogP contribution in [0.25, 0.3) is 0 Å². The lowest BCUT2D eigenvalue weighted by Crippen LogP contribution is -2.64. The molecule has 5 rings (SSSR count). The third-order valence-corrected chi connectivity index (χ3v) is 8.76. The van der Waals surface area contributed by atoms with E-state index in [2.05, 4.69) is 5.32 Å². The van der Waals surface area contributed by atoms with Gasteiger partial charge in [0, 0.05) is 19.4 Å². The van der Waals surface area contributed by atoms with Gasteiger partial charge in [-0.2, -0.15) is 0 Å². The molecule has 266 valence electrons. The number of rotatable bonds is 16. The minimum atomic E-state index is -2.02. The zero-order chi connectivity index (χ0) is 34.7. The number of nitrogens with one attached hydrogen (secondary N) is 1. The van der Waals surface area contributed by atoms with Gasteiger partial charge in [0.15, 0.2) is 5.79 Å². The minimum Gasteiger partial charge on any atom is -0.441 e. The lowest BCUT2D eigenvalue weighted by atomic mass is 9.91. The van der Waals surface area contributed by atoms with Gasteiger partial charge in [-0.05, 0) is 49.8 Å². The monoisotopic (exact) mass is 679 g/mol. The highest BCUT2D eigenvalue weighted by molar-refractivity contribution is 5.67. The van der Waals surface area contributed by atoms with Crippen molar-refractivity contribution in [1.29, 1.82) is 0 Å². The van der Waals surface area contributed by atoms with Crippen LogP contribution in [-0.4, -0.2) is 83.5 Å². The van der Waals surface area contributed by atoms with Gasteiger partial charge in [0.25, 0.3) is 0 Å². The zero-order valence-electron chi connectivity index (χ0n) is 28.2. The number of alkyl carbamates (subject to hydrolysis) is 1. The van der Waals surface area contributed by atoms with Crippen LogP contribution in [0.1, 0.15) is 62.3 Å². The largest absolute Gasteiger partial charge is 0.441 e. The number of hydrogen-bond donors (Lipinski definition) is 4. The van der Waals surface area contributed by atoms with E-state index in [1.54, 1.807) is 13.8 Å². The molecule has 0 bridgehead atoms. The van der Waals surface area contributed by atoms with Gasteiger partial charge in [-0.15, -0.1) is 0 Å². The number of aliphatic hydroxyl groups is 3. The van der Waals surface area contributed by atoms with Crippen LogP contribution < -0.4 is 5.32 Å². The summed E-state index contributed by atoms with van der Waals surface area (Å²) < 4.78 is 35.9. The topological polar surface area (TPSA) is 145 Å². The molecule has 1 amide bonds. The summed E-state index contributed by atoms with van der Waals surface area (Å²) in [6, 6.07) is 29.1. The van der Waals surface area contributed by atoms with Crippen molar-refractivity contribution in [1.82, 2.24) is 5.32 Å². The van der Waals surface area contributed by atoms with Crippen molar-refractivity contribution >= 4 is 6.09 Å². The number of aliphatic hydroxyl groups excluding tert-OH is 2. The first-order valence-corrected chi connectivity index (χ1v) is 17.0. The standard InChI is InChI=1S/C38H49NO10/c1-37(2)46-26-32(48-37)34-33(40)31(44-25-28-17-9-4-10-18-28)24-38(49-34,35(41)42)45-22-14-6-13-21-39-36(43)47-30(29-19-11-5-12-20-29)23-27-15-7-3-8-16-27/h3-5,7-12,15-20,30-35,40-42H,6,13-14,21-26H2,1-2H3,(H,39,43)/t30?,31-,32-,33-,34-,38-/m1/s1. The van der Waals surface area contributed by atoms with Gasteiger partial charge in [-0.25, -0.2) is 4.79 Å². The van der Waals surface area contributed by atoms with Crippen LogP contribution in [-0.2, 0) is 41.4 Å². The lowest BCUT2D eigenvalue weighted by Gasteiger charge is -2.48. The normalized spacial score (nSPS) is 25.6. The Balaban J connectivity index is 1.12. The van der Waals surface area contributed by atoms with E-state index < -0.39 is 54.5 Å². The molecule has 2 saturated heterocycles. The summed E-state index contributed by atoms with van der Waals surface area (Å²) >= 11 is 0. The zero-order valence-corrected chi connectivity index (χ0v) is 28.2. The number of carbonyl (C=O) groups excluding carboxylic acids is 1. The molecule has 1 unspecified atom stereocenters. The molecule has 11 heteroatoms. The average molecular weight is 680 g/mol. The fourth-order valence-electron chi connectivity index (χ4n) is 6.14. The number of carbonyl (C=O) groups is 1. The van der Waals surface area contributed by atoms with E-state index in [1.165, 1.54) is 0 Å². The minimum absolute atomic E-state index is 0.120. The summed E-state index contributed by atoms with van der Waals surface area (Å²) in [6.45, 7) is 4.40. The van der Waals surface area contributed by atoms with Gasteiger partial charge < -0.3 is 49.1 Å². The van der Waals surface area contributed by atoms with Crippen LogP contribution in [0.2, 0.25) is 0 Å². The van der Waals surface area contributed by atoms with E-state index in [-0.39, 0.29) is 26.2 Å². The molecule has 0 aliphatic carbocycles. The summed E-state index contributed by atoms with van der Waals surface area (Å²) in [5.41, 5.74) is 2.89. The van der Waals surface area contributed by atoms with Crippen molar-refractivity contribution in [2.24, 2.45) is 0 Å². The molecule has 11 nitrogen and oxygen atoms in total. The van der Waals surface area contributed by atoms with Crippen molar-refractivity contribution in [3.8, 4) is 0 Å². The Labute approximate surface area is 288 Å². The van der Waals surface area contributed by atoms with Crippen LogP contribution >= 0.6 is 0 Å². The Bertz CT molecular complexity index is 1410. The summed E-state index contributed by atoms with van der Waals surface area (Å²) in [5, 5.41) is 35.3. The second kappa shape index (κ2) is 17.5. The predicted octanol–water partition coefficient (Wildman–Crippen LogP) is 4.78. The van der Waals surface area contributed by atoms with Crippen LogP contribution in [0.15, 0.2) is 91.0 Å². The maximum atomic E-state index is 12.7. The van der Waals surface area contributed by atoms with Crippen LogP contribution in [0.3, 0.4) is 0 Å². The third kappa shape index (κ3) is 10.6. The third-order valence-electron chi connectivity index (χ3n) is 8.76. The first-order chi connectivity index (χ1) is 23.6. The Morgan fingerprint density at radius 2 is 1.55 bits per heavy atom. The van der Waals surface area contributed by atoms with Crippen molar-refractivity contribution in [3.05, 3.63) is 108 Å². The van der Waals surface area contributed by atoms with E-state index >= 15 is 0 Å². The lowest BCUT2D eigenvalue weighted by molar-refractivity contribution is -0.393. The maximum Gasteiger partial charge on any atom is 0.407 e. The summed E-state index contributed by atoms with van der Waals surface area (Å²) in [7, 11) is 0. The first kappa shape index (κ1) is 36.9. The molecule has 3 aromatic carbocycles. The van der Waals surface area contributed by atoms with Crippen LogP contribution in [0, 0.1) is 0 Å². The molecule has 2 fully saturated rings. The summed E-state index contributed by atoms with van der Waals surface area (Å²) in [5.74, 6) is -2.76. The first-order valence-electron chi connectivity index (χ1n) is 17.0. The average Bonchev–Trinajstić information content (AvgIpc) is 3.47. The summed E-state index contributed by atoms with van der Waals surface area (Å²) in [6.07, 6.45) is -4.30. The van der Waals surface area contributed by atoms with Crippen LogP contribution in [0.5, 0.6) is 0 Å². The van der Waals surface area contributed by atoms with Crippen molar-refractivity contribution in [2.45, 2.75) is 101 Å². The molecule has 49 heavy (non-hydrogen) atoms. The molecular weight excluding hydrogens is 630 g/mol. The van der Waals surface area contributed by atoms with E-state index in [4.69, 9.17) is 28.4 Å². The van der Waals surface area contributed by atoms with E-state index in [9.17, 15) is 20.1 Å². The molecule has 3 aromatic rings. The SMILES string of the molecule is CC1(C)OC[C@H]([C@H]2O[C@@](OCCCCCNC(=O)OC(Cc3ccccc3)c3ccccc3)(C(O)O)C[C@@H](OCc3ccccc3)[C@H]2O)O1. The highest BCUT2D eigenvalue weighted by atomic mass is 16.8. The van der Waals surface area contributed by atoms with Gasteiger partial charge in [-0.1, -0.05) is 91.0 Å². The highest BCUT2D eigenvalue weighted by Crippen LogP contribution is 2.39. The van der Waals surface area contributed by atoms with Crippen molar-refractivity contribution in [3.63, 3.8) is 0 Å². The molecule has 0 spiro atoms. The number of unbranched alkanes of at least 4 members (excludes halogenated alkanes) is 2. The van der Waals surface area contributed by atoms with Crippen LogP contribution in [0.4, 0.5) is 4.79 Å². The second-order valence-electron chi connectivity index (χ2n) is 13.0. The number of ether oxygens (including phenoxy) is 6. The van der Waals surface area contributed by atoms with Gasteiger partial charge in [0.05, 0.1) is 25.9 Å². The molecule has 2 aliphatic rings. The number of amides is 1. The quantitative estimate of drug-likeness (QED) is 0.123. The highest BCUT2D eigenvalue weighted by Gasteiger charge is 2.56. The fraction of sp³-hybridized carbons (Fsp3) is 0.500. The van der Waals surface area contributed by atoms with Gasteiger partial charge in [-0.3, -0.25) is 0 Å². The number of hydrogen-bond acceptors (Lipinski definition) is 10. The Hall–Kier alpha value is -3.39. The predicted molar refractivity (Wildman–Crippen MR) is 180 cm³/mol. The van der Waals surface area contributed by atoms with E-state index in [0.717, 1.165) is 16.7 Å². The molecule has 6 atom stereocenters. The molecule has 2 aliphatic heterocycles. The molecular formula is C38H49NO10.